The summed E-state index contributed by atoms with van der Waals surface area (Å²) in [6, 6.07) is 24.1. The zero-order chi connectivity index (χ0) is 23.4. The third-order valence-corrected chi connectivity index (χ3v) is 6.44. The first-order valence-corrected chi connectivity index (χ1v) is 11.5. The van der Waals surface area contributed by atoms with E-state index in [0.717, 1.165) is 5.56 Å². The van der Waals surface area contributed by atoms with Crippen molar-refractivity contribution in [1.29, 1.82) is 0 Å². The summed E-state index contributed by atoms with van der Waals surface area (Å²) in [4.78, 5) is 31.1. The molecule has 1 aromatic heterocycles. The number of rotatable bonds is 7. The Morgan fingerprint density at radius 2 is 1.64 bits per heavy atom. The highest BCUT2D eigenvalue weighted by molar-refractivity contribution is 8.00. The minimum Gasteiger partial charge on any atom is -0.497 e. The lowest BCUT2D eigenvalue weighted by Gasteiger charge is -2.19. The van der Waals surface area contributed by atoms with Gasteiger partial charge < -0.3 is 10.1 Å². The molecule has 7 heteroatoms. The molecule has 3 aromatic carbocycles. The molecule has 0 bridgehead atoms. The van der Waals surface area contributed by atoms with E-state index in [2.05, 4.69) is 5.32 Å². The van der Waals surface area contributed by atoms with Crippen LogP contribution >= 0.6 is 11.8 Å². The van der Waals surface area contributed by atoms with Crippen molar-refractivity contribution in [2.45, 2.75) is 30.3 Å². The fraction of sp³-hybridized carbons (Fsp3) is 0.192. The molecule has 4 aromatic rings. The van der Waals surface area contributed by atoms with Gasteiger partial charge in [-0.3, -0.25) is 14.2 Å². The Bertz CT molecular complexity index is 1320. The number of ether oxygens (including phenoxy) is 1. The van der Waals surface area contributed by atoms with Gasteiger partial charge in [-0.05, 0) is 55.8 Å². The molecule has 1 heterocycles. The van der Waals surface area contributed by atoms with E-state index in [1.807, 2.05) is 68.4 Å². The van der Waals surface area contributed by atoms with Crippen molar-refractivity contribution in [3.05, 3.63) is 94.8 Å². The highest BCUT2D eigenvalue weighted by Gasteiger charge is 2.21. The number of aromatic nitrogens is 2. The Morgan fingerprint density at radius 1 is 0.970 bits per heavy atom. The summed E-state index contributed by atoms with van der Waals surface area (Å²) in [5.41, 5.74) is 2.10. The van der Waals surface area contributed by atoms with E-state index >= 15 is 0 Å². The molecule has 0 saturated carbocycles. The Kier molecular flexibility index (Phi) is 6.79. The smallest absolute Gasteiger partial charge is 0.266 e. The van der Waals surface area contributed by atoms with Crippen LogP contribution in [0.2, 0.25) is 0 Å². The topological polar surface area (TPSA) is 73.2 Å². The largest absolute Gasteiger partial charge is 0.497 e. The van der Waals surface area contributed by atoms with Gasteiger partial charge in [0, 0.05) is 0 Å². The monoisotopic (exact) mass is 459 g/mol. The minimum atomic E-state index is -0.464. The fourth-order valence-electron chi connectivity index (χ4n) is 3.52. The van der Waals surface area contributed by atoms with E-state index < -0.39 is 5.25 Å². The molecule has 0 aliphatic rings. The summed E-state index contributed by atoms with van der Waals surface area (Å²) in [6.45, 7) is 3.77. The second-order valence-electron chi connectivity index (χ2n) is 7.65. The standard InChI is InChI=1S/C26H25N3O3S/c1-17(19-9-5-4-6-10-19)27-24(30)18(2)33-26-28-23-12-8-7-11-22(23)25(31)29(26)20-13-15-21(32-3)16-14-20/h4-18H,1-3H3,(H,27,30). The van der Waals surface area contributed by atoms with Gasteiger partial charge in [0.15, 0.2) is 5.16 Å². The van der Waals surface area contributed by atoms with Gasteiger partial charge in [0.2, 0.25) is 5.91 Å². The van der Waals surface area contributed by atoms with Crippen LogP contribution in [0.4, 0.5) is 0 Å². The van der Waals surface area contributed by atoms with Gasteiger partial charge >= 0.3 is 0 Å². The van der Waals surface area contributed by atoms with Crippen LogP contribution in [-0.2, 0) is 4.79 Å². The van der Waals surface area contributed by atoms with Gasteiger partial charge in [-0.2, -0.15) is 0 Å². The van der Waals surface area contributed by atoms with Crippen LogP contribution in [0, 0.1) is 0 Å². The lowest BCUT2D eigenvalue weighted by molar-refractivity contribution is -0.120. The molecule has 1 amide bonds. The Morgan fingerprint density at radius 3 is 2.33 bits per heavy atom. The number of nitrogens with zero attached hydrogens (tertiary/aromatic N) is 2. The zero-order valence-electron chi connectivity index (χ0n) is 18.7. The zero-order valence-corrected chi connectivity index (χ0v) is 19.5. The van der Waals surface area contributed by atoms with E-state index in [1.54, 1.807) is 35.9 Å². The number of hydrogen-bond donors (Lipinski definition) is 1. The molecule has 4 rings (SSSR count). The molecule has 2 unspecified atom stereocenters. The summed E-state index contributed by atoms with van der Waals surface area (Å²) in [6.07, 6.45) is 0. The van der Waals surface area contributed by atoms with Crippen molar-refractivity contribution in [3.63, 3.8) is 0 Å². The molecule has 0 fully saturated rings. The highest BCUT2D eigenvalue weighted by Crippen LogP contribution is 2.26. The summed E-state index contributed by atoms with van der Waals surface area (Å²) in [7, 11) is 1.59. The predicted octanol–water partition coefficient (Wildman–Crippen LogP) is 4.75. The molecule has 0 aliphatic heterocycles. The molecule has 168 valence electrons. The average molecular weight is 460 g/mol. The number of hydrogen-bond acceptors (Lipinski definition) is 5. The molecule has 33 heavy (non-hydrogen) atoms. The Hall–Kier alpha value is -3.58. The van der Waals surface area contributed by atoms with E-state index in [-0.39, 0.29) is 17.5 Å². The summed E-state index contributed by atoms with van der Waals surface area (Å²) in [5.74, 6) is 0.567. The molecular weight excluding hydrogens is 434 g/mol. The van der Waals surface area contributed by atoms with Crippen LogP contribution in [0.25, 0.3) is 16.6 Å². The Labute approximate surface area is 196 Å². The first-order valence-electron chi connectivity index (χ1n) is 10.7. The number of methoxy groups -OCH3 is 1. The second kappa shape index (κ2) is 9.92. The van der Waals surface area contributed by atoms with Crippen LogP contribution in [0.1, 0.15) is 25.5 Å². The SMILES string of the molecule is COc1ccc(-n2c(SC(C)C(=O)NC(C)c3ccccc3)nc3ccccc3c2=O)cc1. The minimum absolute atomic E-state index is 0.125. The first kappa shape index (κ1) is 22.6. The van der Waals surface area contributed by atoms with Gasteiger partial charge in [-0.1, -0.05) is 54.2 Å². The molecule has 2 atom stereocenters. The van der Waals surface area contributed by atoms with E-state index in [1.165, 1.54) is 11.8 Å². The lowest BCUT2D eigenvalue weighted by Crippen LogP contribution is -2.33. The molecular formula is C26H25N3O3S. The summed E-state index contributed by atoms with van der Waals surface area (Å²) in [5, 5.41) is 3.56. The van der Waals surface area contributed by atoms with E-state index in [0.29, 0.717) is 27.5 Å². The number of para-hydroxylation sites is 1. The number of nitrogens with one attached hydrogen (secondary N) is 1. The van der Waals surface area contributed by atoms with Crippen LogP contribution in [-0.4, -0.2) is 27.8 Å². The molecule has 1 N–H and O–H groups in total. The number of benzene rings is 3. The number of carbonyl (C=O) groups excluding carboxylic acids is 1. The third-order valence-electron chi connectivity index (χ3n) is 5.39. The maximum Gasteiger partial charge on any atom is 0.266 e. The number of fused-ring (bicyclic) bond motifs is 1. The molecule has 6 nitrogen and oxygen atoms in total. The van der Waals surface area contributed by atoms with Crippen molar-refractivity contribution in [2.24, 2.45) is 0 Å². The highest BCUT2D eigenvalue weighted by atomic mass is 32.2. The Balaban J connectivity index is 1.67. The van der Waals surface area contributed by atoms with Gasteiger partial charge in [-0.15, -0.1) is 0 Å². The fourth-order valence-corrected chi connectivity index (χ4v) is 4.45. The first-order chi connectivity index (χ1) is 16.0. The second-order valence-corrected chi connectivity index (χ2v) is 8.96. The van der Waals surface area contributed by atoms with Gasteiger partial charge in [-0.25, -0.2) is 4.98 Å². The lowest BCUT2D eigenvalue weighted by atomic mass is 10.1. The number of carbonyl (C=O) groups is 1. The van der Waals surface area contributed by atoms with Gasteiger partial charge in [0.25, 0.3) is 5.56 Å². The van der Waals surface area contributed by atoms with Crippen molar-refractivity contribution in [1.82, 2.24) is 14.9 Å². The van der Waals surface area contributed by atoms with E-state index in [4.69, 9.17) is 9.72 Å². The van der Waals surface area contributed by atoms with Crippen molar-refractivity contribution < 1.29 is 9.53 Å². The maximum absolute atomic E-state index is 13.4. The normalized spacial score (nSPS) is 12.8. The van der Waals surface area contributed by atoms with E-state index in [9.17, 15) is 9.59 Å². The van der Waals surface area contributed by atoms with Gasteiger partial charge in [0.1, 0.15) is 5.75 Å². The van der Waals surface area contributed by atoms with Crippen LogP contribution in [0.15, 0.2) is 88.8 Å². The van der Waals surface area contributed by atoms with Crippen LogP contribution in [0.3, 0.4) is 0 Å². The molecule has 0 saturated heterocycles. The third kappa shape index (κ3) is 4.93. The molecule has 0 radical (unpaired) electrons. The number of amides is 1. The van der Waals surface area contributed by atoms with Crippen LogP contribution < -0.4 is 15.6 Å². The van der Waals surface area contributed by atoms with Crippen molar-refractivity contribution in [3.8, 4) is 11.4 Å². The predicted molar refractivity (Wildman–Crippen MR) is 132 cm³/mol. The quantitative estimate of drug-likeness (QED) is 0.319. The van der Waals surface area contributed by atoms with Crippen molar-refractivity contribution >= 4 is 28.6 Å². The number of thioether (sulfide) groups is 1. The maximum atomic E-state index is 13.4. The van der Waals surface area contributed by atoms with Crippen LogP contribution in [0.5, 0.6) is 5.75 Å². The molecule has 0 spiro atoms. The average Bonchev–Trinajstić information content (AvgIpc) is 2.85. The molecule has 0 aliphatic carbocycles. The summed E-state index contributed by atoms with van der Waals surface area (Å²) >= 11 is 1.26. The summed E-state index contributed by atoms with van der Waals surface area (Å²) < 4.78 is 6.80. The van der Waals surface area contributed by atoms with Gasteiger partial charge in [0.05, 0.1) is 35.0 Å². The van der Waals surface area contributed by atoms with Crippen molar-refractivity contribution in [2.75, 3.05) is 7.11 Å².